The molecule has 1 aliphatic heterocycles. The molecule has 1 heterocycles. The van der Waals surface area contributed by atoms with Crippen LogP contribution in [0.15, 0.2) is 23.1 Å². The third kappa shape index (κ3) is 3.27. The van der Waals surface area contributed by atoms with Crippen LogP contribution in [0.5, 0.6) is 0 Å². The highest BCUT2D eigenvalue weighted by Gasteiger charge is 2.26. The Morgan fingerprint density at radius 2 is 2.16 bits per heavy atom. The molecule has 3 rings (SSSR count). The number of aliphatic hydroxyl groups excluding tert-OH is 1. The van der Waals surface area contributed by atoms with Crippen LogP contribution in [0.1, 0.15) is 43.7 Å². The second kappa shape index (κ2) is 6.04. The minimum absolute atomic E-state index is 0.122. The first-order valence-corrected chi connectivity index (χ1v) is 8.45. The van der Waals surface area contributed by atoms with Crippen molar-refractivity contribution in [2.75, 3.05) is 5.75 Å². The molecule has 0 saturated heterocycles. The van der Waals surface area contributed by atoms with Crippen LogP contribution >= 0.6 is 23.4 Å². The zero-order valence-electron chi connectivity index (χ0n) is 10.9. The summed E-state index contributed by atoms with van der Waals surface area (Å²) < 4.78 is 0. The van der Waals surface area contributed by atoms with E-state index in [0.717, 1.165) is 36.5 Å². The van der Waals surface area contributed by atoms with Crippen LogP contribution < -0.4 is 5.32 Å². The van der Waals surface area contributed by atoms with E-state index in [9.17, 15) is 5.11 Å². The predicted molar refractivity (Wildman–Crippen MR) is 80.9 cm³/mol. The summed E-state index contributed by atoms with van der Waals surface area (Å²) in [6.07, 6.45) is 5.17. The highest BCUT2D eigenvalue weighted by Crippen LogP contribution is 2.38. The number of fused-ring (bicyclic) bond motifs is 1. The Kier molecular flexibility index (Phi) is 4.37. The summed E-state index contributed by atoms with van der Waals surface area (Å²) in [5.41, 5.74) is 1.34. The first-order chi connectivity index (χ1) is 9.22. The topological polar surface area (TPSA) is 32.3 Å². The Morgan fingerprint density at radius 1 is 1.26 bits per heavy atom. The van der Waals surface area contributed by atoms with E-state index >= 15 is 0 Å². The van der Waals surface area contributed by atoms with Crippen molar-refractivity contribution >= 4 is 23.4 Å². The Morgan fingerprint density at radius 3 is 3.00 bits per heavy atom. The van der Waals surface area contributed by atoms with Crippen molar-refractivity contribution in [3.63, 3.8) is 0 Å². The third-order valence-electron chi connectivity index (χ3n) is 4.09. The van der Waals surface area contributed by atoms with Crippen LogP contribution in [0.4, 0.5) is 0 Å². The minimum atomic E-state index is -0.122. The van der Waals surface area contributed by atoms with Crippen molar-refractivity contribution in [2.45, 2.75) is 55.2 Å². The van der Waals surface area contributed by atoms with E-state index in [-0.39, 0.29) is 6.10 Å². The van der Waals surface area contributed by atoms with Gasteiger partial charge in [0.2, 0.25) is 0 Å². The van der Waals surface area contributed by atoms with Crippen LogP contribution in [0.3, 0.4) is 0 Å². The molecule has 104 valence electrons. The molecule has 0 radical (unpaired) electrons. The van der Waals surface area contributed by atoms with Crippen LogP contribution in [-0.4, -0.2) is 23.0 Å². The maximum atomic E-state index is 9.78. The van der Waals surface area contributed by atoms with Crippen LogP contribution in [0, 0.1) is 0 Å². The monoisotopic (exact) mass is 297 g/mol. The quantitative estimate of drug-likeness (QED) is 0.871. The molecule has 1 aromatic rings. The minimum Gasteiger partial charge on any atom is -0.393 e. The highest BCUT2D eigenvalue weighted by atomic mass is 35.5. The number of halogens is 1. The lowest BCUT2D eigenvalue weighted by atomic mass is 9.91. The van der Waals surface area contributed by atoms with Gasteiger partial charge >= 0.3 is 0 Å². The Balaban J connectivity index is 1.74. The zero-order valence-corrected chi connectivity index (χ0v) is 12.5. The molecule has 0 aromatic heterocycles. The first-order valence-electron chi connectivity index (χ1n) is 7.09. The number of benzene rings is 1. The van der Waals surface area contributed by atoms with E-state index in [2.05, 4.69) is 17.4 Å². The van der Waals surface area contributed by atoms with Gasteiger partial charge in [-0.15, -0.1) is 11.8 Å². The first kappa shape index (κ1) is 13.7. The summed E-state index contributed by atoms with van der Waals surface area (Å²) in [7, 11) is 0. The van der Waals surface area contributed by atoms with Gasteiger partial charge in [-0.3, -0.25) is 0 Å². The van der Waals surface area contributed by atoms with E-state index in [4.69, 9.17) is 11.6 Å². The number of hydrogen-bond donors (Lipinski definition) is 2. The van der Waals surface area contributed by atoms with Crippen molar-refractivity contribution in [2.24, 2.45) is 0 Å². The number of aliphatic hydroxyl groups is 1. The number of rotatable bonds is 2. The standard InChI is InChI=1S/C15H20ClNOS/c16-10-4-5-15-13(8-10)14(6-7-19-15)17-11-2-1-3-12(18)9-11/h4-5,8,11-12,14,17-18H,1-3,6-7,9H2. The summed E-state index contributed by atoms with van der Waals surface area (Å²) >= 11 is 8.05. The van der Waals surface area contributed by atoms with Gasteiger partial charge in [-0.1, -0.05) is 11.6 Å². The lowest BCUT2D eigenvalue weighted by Crippen LogP contribution is -2.39. The molecule has 1 fully saturated rings. The summed E-state index contributed by atoms with van der Waals surface area (Å²) in [5.74, 6) is 1.15. The second-order valence-electron chi connectivity index (χ2n) is 5.56. The molecule has 2 aliphatic rings. The average molecular weight is 298 g/mol. The van der Waals surface area contributed by atoms with E-state index in [1.165, 1.54) is 16.9 Å². The molecular formula is C15H20ClNOS. The molecule has 2 nitrogen and oxygen atoms in total. The maximum Gasteiger partial charge on any atom is 0.0555 e. The van der Waals surface area contributed by atoms with Gasteiger partial charge in [-0.25, -0.2) is 0 Å². The van der Waals surface area contributed by atoms with E-state index in [1.54, 1.807) is 0 Å². The third-order valence-corrected chi connectivity index (χ3v) is 5.45. The lowest BCUT2D eigenvalue weighted by Gasteiger charge is -2.33. The van der Waals surface area contributed by atoms with Gasteiger partial charge in [0, 0.05) is 22.0 Å². The normalized spacial score (nSPS) is 30.9. The summed E-state index contributed by atoms with van der Waals surface area (Å²) in [6.45, 7) is 0. The molecule has 1 saturated carbocycles. The molecule has 1 aliphatic carbocycles. The Hall–Kier alpha value is -0.220. The van der Waals surface area contributed by atoms with Crippen molar-refractivity contribution in [3.05, 3.63) is 28.8 Å². The van der Waals surface area contributed by atoms with E-state index in [1.807, 2.05) is 17.8 Å². The molecule has 0 amide bonds. The zero-order chi connectivity index (χ0) is 13.2. The van der Waals surface area contributed by atoms with Crippen LogP contribution in [0.25, 0.3) is 0 Å². The summed E-state index contributed by atoms with van der Waals surface area (Å²) in [5, 5.41) is 14.3. The van der Waals surface area contributed by atoms with Gasteiger partial charge in [-0.05, 0) is 61.6 Å². The van der Waals surface area contributed by atoms with Crippen molar-refractivity contribution in [1.29, 1.82) is 0 Å². The molecule has 19 heavy (non-hydrogen) atoms. The van der Waals surface area contributed by atoms with Crippen molar-refractivity contribution < 1.29 is 5.11 Å². The maximum absolute atomic E-state index is 9.78. The number of thioether (sulfide) groups is 1. The molecule has 0 bridgehead atoms. The van der Waals surface area contributed by atoms with Crippen molar-refractivity contribution in [1.82, 2.24) is 5.32 Å². The van der Waals surface area contributed by atoms with Gasteiger partial charge < -0.3 is 10.4 Å². The van der Waals surface area contributed by atoms with Gasteiger partial charge in [0.25, 0.3) is 0 Å². The van der Waals surface area contributed by atoms with Crippen LogP contribution in [0.2, 0.25) is 5.02 Å². The average Bonchev–Trinajstić information content (AvgIpc) is 2.39. The Labute approximate surface area is 123 Å². The molecule has 1 aromatic carbocycles. The summed E-state index contributed by atoms with van der Waals surface area (Å²) in [6, 6.07) is 7.04. The predicted octanol–water partition coefficient (Wildman–Crippen LogP) is 3.77. The highest BCUT2D eigenvalue weighted by molar-refractivity contribution is 7.99. The molecule has 3 atom stereocenters. The SMILES string of the molecule is OC1CCCC(NC2CCSc3ccc(Cl)cc32)C1. The van der Waals surface area contributed by atoms with Gasteiger partial charge in [0.05, 0.1) is 6.10 Å². The molecule has 0 spiro atoms. The number of nitrogens with one attached hydrogen (secondary N) is 1. The van der Waals surface area contributed by atoms with Gasteiger partial charge in [0.15, 0.2) is 0 Å². The number of hydrogen-bond acceptors (Lipinski definition) is 3. The van der Waals surface area contributed by atoms with Gasteiger partial charge in [-0.2, -0.15) is 0 Å². The molecule has 4 heteroatoms. The smallest absolute Gasteiger partial charge is 0.0555 e. The molecular weight excluding hydrogens is 278 g/mol. The lowest BCUT2D eigenvalue weighted by molar-refractivity contribution is 0.108. The summed E-state index contributed by atoms with van der Waals surface area (Å²) in [4.78, 5) is 1.35. The molecule has 3 unspecified atom stereocenters. The van der Waals surface area contributed by atoms with Crippen molar-refractivity contribution in [3.8, 4) is 0 Å². The Bertz CT molecular complexity index is 454. The fraction of sp³-hybridized carbons (Fsp3) is 0.600. The second-order valence-corrected chi connectivity index (χ2v) is 7.13. The fourth-order valence-corrected chi connectivity index (χ4v) is 4.42. The largest absolute Gasteiger partial charge is 0.393 e. The van der Waals surface area contributed by atoms with E-state index in [0.29, 0.717) is 12.1 Å². The van der Waals surface area contributed by atoms with Crippen LogP contribution in [-0.2, 0) is 0 Å². The van der Waals surface area contributed by atoms with E-state index < -0.39 is 0 Å². The molecule has 2 N–H and O–H groups in total. The fourth-order valence-electron chi connectivity index (χ4n) is 3.14. The van der Waals surface area contributed by atoms with Gasteiger partial charge in [0.1, 0.15) is 0 Å².